The van der Waals surface area contributed by atoms with Crippen molar-refractivity contribution in [1.29, 1.82) is 5.26 Å². The highest BCUT2D eigenvalue weighted by atomic mass is 16.5. The lowest BCUT2D eigenvalue weighted by molar-refractivity contribution is -0.160. The molecule has 2 N–H and O–H groups in total. The smallest absolute Gasteiger partial charge is 0.231 e. The molecule has 2 atom stereocenters. The second-order valence-electron chi connectivity index (χ2n) is 8.06. The number of nitriles is 1. The van der Waals surface area contributed by atoms with E-state index < -0.39 is 11.0 Å². The molecule has 0 aliphatic carbocycles. The summed E-state index contributed by atoms with van der Waals surface area (Å²) in [5.41, 5.74) is 1.53. The predicted molar refractivity (Wildman–Crippen MR) is 99.7 cm³/mol. The Balaban J connectivity index is 1.84. The standard InChI is InChI=1S/C20H23N5O2/c1-13-7-20(10-22-9-13,25-18(26)19(2)11-27-12-19)15-4-3-14(8-21)16-17(15)24-6-5-23-16/h3-6,13,22H,7,9-12H2,1-2H3,(H,25,26)/t13-,20-/m0/s1. The van der Waals surface area contributed by atoms with Gasteiger partial charge in [-0.1, -0.05) is 13.0 Å². The van der Waals surface area contributed by atoms with E-state index >= 15 is 0 Å². The number of carbonyl (C=O) groups excluding carboxylic acids is 1. The Bertz CT molecular complexity index is 934. The van der Waals surface area contributed by atoms with E-state index in [1.54, 1.807) is 18.5 Å². The molecule has 0 saturated carbocycles. The molecule has 2 aliphatic heterocycles. The molecular formula is C20H23N5O2. The average molecular weight is 365 g/mol. The lowest BCUT2D eigenvalue weighted by Gasteiger charge is -2.45. The van der Waals surface area contributed by atoms with Crippen molar-refractivity contribution in [3.05, 3.63) is 35.7 Å². The molecular weight excluding hydrogens is 342 g/mol. The zero-order valence-corrected chi connectivity index (χ0v) is 15.6. The highest BCUT2D eigenvalue weighted by Crippen LogP contribution is 2.37. The Hall–Kier alpha value is -2.56. The first-order valence-corrected chi connectivity index (χ1v) is 9.23. The van der Waals surface area contributed by atoms with Crippen LogP contribution in [0.25, 0.3) is 11.0 Å². The fraction of sp³-hybridized carbons (Fsp3) is 0.500. The molecule has 1 aromatic heterocycles. The Kier molecular flexibility index (Phi) is 4.33. The van der Waals surface area contributed by atoms with E-state index in [9.17, 15) is 10.1 Å². The largest absolute Gasteiger partial charge is 0.379 e. The summed E-state index contributed by atoms with van der Waals surface area (Å²) in [5.74, 6) is 0.373. The number of nitrogens with one attached hydrogen (secondary N) is 2. The van der Waals surface area contributed by atoms with Gasteiger partial charge < -0.3 is 15.4 Å². The van der Waals surface area contributed by atoms with E-state index in [1.165, 1.54) is 0 Å². The van der Waals surface area contributed by atoms with Crippen LogP contribution < -0.4 is 10.6 Å². The van der Waals surface area contributed by atoms with E-state index in [0.717, 1.165) is 18.5 Å². The Morgan fingerprint density at radius 2 is 2.07 bits per heavy atom. The molecule has 0 unspecified atom stereocenters. The molecule has 3 heterocycles. The van der Waals surface area contributed by atoms with Crippen molar-refractivity contribution in [2.24, 2.45) is 11.3 Å². The lowest BCUT2D eigenvalue weighted by atomic mass is 9.76. The van der Waals surface area contributed by atoms with Crippen LogP contribution in [0.5, 0.6) is 0 Å². The summed E-state index contributed by atoms with van der Waals surface area (Å²) in [6.45, 7) is 6.47. The van der Waals surface area contributed by atoms with Crippen molar-refractivity contribution in [2.75, 3.05) is 26.3 Å². The minimum absolute atomic E-state index is 0.00829. The predicted octanol–water partition coefficient (Wildman–Crippen LogP) is 1.48. The van der Waals surface area contributed by atoms with Gasteiger partial charge in [-0.3, -0.25) is 14.8 Å². The summed E-state index contributed by atoms with van der Waals surface area (Å²) in [7, 11) is 0. The van der Waals surface area contributed by atoms with Crippen LogP contribution in [0.2, 0.25) is 0 Å². The number of hydrogen-bond donors (Lipinski definition) is 2. The minimum Gasteiger partial charge on any atom is -0.379 e. The number of rotatable bonds is 3. The number of piperidine rings is 1. The summed E-state index contributed by atoms with van der Waals surface area (Å²) >= 11 is 0. The van der Waals surface area contributed by atoms with E-state index in [4.69, 9.17) is 4.74 Å². The number of hydrogen-bond acceptors (Lipinski definition) is 6. The van der Waals surface area contributed by atoms with Crippen LogP contribution in [0.1, 0.15) is 31.4 Å². The Morgan fingerprint density at radius 3 is 2.70 bits per heavy atom. The zero-order valence-electron chi connectivity index (χ0n) is 15.6. The monoisotopic (exact) mass is 365 g/mol. The number of aromatic nitrogens is 2. The van der Waals surface area contributed by atoms with Crippen LogP contribution in [-0.4, -0.2) is 42.2 Å². The van der Waals surface area contributed by atoms with Crippen molar-refractivity contribution < 1.29 is 9.53 Å². The van der Waals surface area contributed by atoms with E-state index in [0.29, 0.717) is 42.3 Å². The van der Waals surface area contributed by atoms with Crippen LogP contribution in [0.3, 0.4) is 0 Å². The first-order chi connectivity index (χ1) is 13.0. The molecule has 0 spiro atoms. The average Bonchev–Trinajstić information content (AvgIpc) is 2.65. The van der Waals surface area contributed by atoms with E-state index in [-0.39, 0.29) is 5.91 Å². The van der Waals surface area contributed by atoms with Gasteiger partial charge in [0.05, 0.1) is 35.2 Å². The van der Waals surface area contributed by atoms with Crippen LogP contribution in [0, 0.1) is 22.7 Å². The molecule has 2 aliphatic rings. The lowest BCUT2D eigenvalue weighted by Crippen LogP contribution is -2.62. The normalized spacial score (nSPS) is 26.8. The zero-order chi connectivity index (χ0) is 19.1. The molecule has 7 nitrogen and oxygen atoms in total. The quantitative estimate of drug-likeness (QED) is 0.855. The maximum absolute atomic E-state index is 13.1. The molecule has 0 radical (unpaired) electrons. The van der Waals surface area contributed by atoms with Crippen LogP contribution in [-0.2, 0) is 15.1 Å². The van der Waals surface area contributed by atoms with Gasteiger partial charge in [0.1, 0.15) is 11.6 Å². The fourth-order valence-electron chi connectivity index (χ4n) is 4.08. The van der Waals surface area contributed by atoms with Crippen LogP contribution in [0.15, 0.2) is 24.5 Å². The van der Waals surface area contributed by atoms with Gasteiger partial charge in [-0.05, 0) is 31.9 Å². The molecule has 140 valence electrons. The maximum atomic E-state index is 13.1. The van der Waals surface area contributed by atoms with Gasteiger partial charge in [0.25, 0.3) is 0 Å². The number of fused-ring (bicyclic) bond motifs is 1. The Morgan fingerprint density at radius 1 is 1.33 bits per heavy atom. The maximum Gasteiger partial charge on any atom is 0.231 e. The number of benzene rings is 1. The van der Waals surface area contributed by atoms with E-state index in [1.807, 2.05) is 13.0 Å². The molecule has 2 aromatic rings. The Labute approximate surface area is 158 Å². The summed E-state index contributed by atoms with van der Waals surface area (Å²) in [6.07, 6.45) is 4.01. The van der Waals surface area contributed by atoms with Crippen LogP contribution in [0.4, 0.5) is 0 Å². The molecule has 0 bridgehead atoms. The molecule has 27 heavy (non-hydrogen) atoms. The molecule has 1 aromatic carbocycles. The molecule has 2 saturated heterocycles. The van der Waals surface area contributed by atoms with Gasteiger partial charge in [-0.2, -0.15) is 5.26 Å². The van der Waals surface area contributed by atoms with E-state index in [2.05, 4.69) is 33.6 Å². The number of carbonyl (C=O) groups is 1. The number of amides is 1. The topological polar surface area (TPSA) is 99.9 Å². The minimum atomic E-state index is -0.602. The van der Waals surface area contributed by atoms with Crippen molar-refractivity contribution >= 4 is 16.9 Å². The fourth-order valence-corrected chi connectivity index (χ4v) is 4.08. The molecule has 7 heteroatoms. The highest BCUT2D eigenvalue weighted by molar-refractivity contribution is 5.87. The first-order valence-electron chi connectivity index (χ1n) is 9.23. The molecule has 1 amide bonds. The van der Waals surface area contributed by atoms with Crippen molar-refractivity contribution in [3.63, 3.8) is 0 Å². The molecule has 2 fully saturated rings. The first kappa shape index (κ1) is 17.8. The second-order valence-corrected chi connectivity index (χ2v) is 8.06. The summed E-state index contributed by atoms with van der Waals surface area (Å²) in [4.78, 5) is 21.9. The van der Waals surface area contributed by atoms with Gasteiger partial charge in [-0.15, -0.1) is 0 Å². The third kappa shape index (κ3) is 2.95. The highest BCUT2D eigenvalue weighted by Gasteiger charge is 2.47. The second kappa shape index (κ2) is 6.55. The van der Waals surface area contributed by atoms with Gasteiger partial charge >= 0.3 is 0 Å². The van der Waals surface area contributed by atoms with Gasteiger partial charge in [0.15, 0.2) is 0 Å². The van der Waals surface area contributed by atoms with Crippen LogP contribution >= 0.6 is 0 Å². The molecule has 4 rings (SSSR count). The van der Waals surface area contributed by atoms with Gasteiger partial charge in [0.2, 0.25) is 5.91 Å². The number of nitrogens with zero attached hydrogens (tertiary/aromatic N) is 3. The van der Waals surface area contributed by atoms with Crippen molar-refractivity contribution in [1.82, 2.24) is 20.6 Å². The third-order valence-electron chi connectivity index (χ3n) is 5.62. The van der Waals surface area contributed by atoms with Gasteiger partial charge in [-0.25, -0.2) is 0 Å². The SMILES string of the molecule is C[C@@H]1CNC[C@](NC(=O)C2(C)COC2)(c2ccc(C#N)c3nccnc23)C1. The summed E-state index contributed by atoms with van der Waals surface area (Å²) < 4.78 is 5.27. The summed E-state index contributed by atoms with van der Waals surface area (Å²) in [5, 5.41) is 16.2. The van der Waals surface area contributed by atoms with Crippen molar-refractivity contribution in [3.8, 4) is 6.07 Å². The van der Waals surface area contributed by atoms with Crippen molar-refractivity contribution in [2.45, 2.75) is 25.8 Å². The third-order valence-corrected chi connectivity index (χ3v) is 5.62. The summed E-state index contributed by atoms with van der Waals surface area (Å²) in [6, 6.07) is 5.87. The number of ether oxygens (including phenoxy) is 1. The van der Waals surface area contributed by atoms with Gasteiger partial charge in [0, 0.05) is 24.5 Å².